The van der Waals surface area contributed by atoms with E-state index in [0.29, 0.717) is 5.69 Å². The standard InChI is InChI=1S/C14H11Cl2NO3S/c1-17(11-5-3-2-4-6-11)14(18)10-7-8-12(15)13(9-10)21(16,19)20/h2-9H,1H3. The van der Waals surface area contributed by atoms with Crippen molar-refractivity contribution >= 4 is 42.9 Å². The average molecular weight is 344 g/mol. The predicted molar refractivity (Wildman–Crippen MR) is 83.7 cm³/mol. The summed E-state index contributed by atoms with van der Waals surface area (Å²) in [7, 11) is 2.89. The molecule has 0 aliphatic carbocycles. The Morgan fingerprint density at radius 1 is 1.10 bits per heavy atom. The van der Waals surface area contributed by atoms with Crippen molar-refractivity contribution in [2.24, 2.45) is 0 Å². The molecule has 0 N–H and O–H groups in total. The lowest BCUT2D eigenvalue weighted by Gasteiger charge is -2.17. The molecule has 0 fully saturated rings. The second kappa shape index (κ2) is 6.05. The molecular formula is C14H11Cl2NO3S. The van der Waals surface area contributed by atoms with E-state index in [2.05, 4.69) is 0 Å². The molecule has 4 nitrogen and oxygen atoms in total. The number of anilines is 1. The first kappa shape index (κ1) is 15.8. The van der Waals surface area contributed by atoms with Gasteiger partial charge >= 0.3 is 0 Å². The van der Waals surface area contributed by atoms with Gasteiger partial charge in [0.05, 0.1) is 5.02 Å². The van der Waals surface area contributed by atoms with E-state index in [1.54, 1.807) is 31.3 Å². The van der Waals surface area contributed by atoms with E-state index in [9.17, 15) is 13.2 Å². The van der Waals surface area contributed by atoms with Crippen LogP contribution in [0.1, 0.15) is 10.4 Å². The number of carbonyl (C=O) groups excluding carboxylic acids is 1. The molecular weight excluding hydrogens is 333 g/mol. The highest BCUT2D eigenvalue weighted by atomic mass is 35.7. The van der Waals surface area contributed by atoms with E-state index in [1.807, 2.05) is 6.07 Å². The highest BCUT2D eigenvalue weighted by molar-refractivity contribution is 8.13. The van der Waals surface area contributed by atoms with Crippen molar-refractivity contribution in [2.75, 3.05) is 11.9 Å². The molecule has 1 amide bonds. The van der Waals surface area contributed by atoms with Gasteiger partial charge in [0.25, 0.3) is 15.0 Å². The quantitative estimate of drug-likeness (QED) is 0.801. The van der Waals surface area contributed by atoms with Gasteiger partial charge < -0.3 is 4.90 Å². The van der Waals surface area contributed by atoms with Gasteiger partial charge in [-0.3, -0.25) is 4.79 Å². The second-order valence-corrected chi connectivity index (χ2v) is 7.22. The second-order valence-electron chi connectivity index (χ2n) is 4.28. The molecule has 21 heavy (non-hydrogen) atoms. The first-order valence-corrected chi connectivity index (χ1v) is 8.57. The fourth-order valence-electron chi connectivity index (χ4n) is 1.79. The Bertz CT molecular complexity index is 776. The zero-order valence-corrected chi connectivity index (χ0v) is 13.3. The van der Waals surface area contributed by atoms with Crippen LogP contribution in [0.2, 0.25) is 5.02 Å². The Morgan fingerprint density at radius 2 is 1.71 bits per heavy atom. The SMILES string of the molecule is CN(C(=O)c1ccc(Cl)c(S(=O)(=O)Cl)c1)c1ccccc1. The van der Waals surface area contributed by atoms with E-state index >= 15 is 0 Å². The Kier molecular flexibility index (Phi) is 4.56. The van der Waals surface area contributed by atoms with Crippen LogP contribution in [0.4, 0.5) is 5.69 Å². The van der Waals surface area contributed by atoms with E-state index in [1.165, 1.54) is 23.1 Å². The fourth-order valence-corrected chi connectivity index (χ4v) is 3.28. The van der Waals surface area contributed by atoms with Gasteiger partial charge in [-0.15, -0.1) is 0 Å². The summed E-state index contributed by atoms with van der Waals surface area (Å²) in [6.07, 6.45) is 0. The molecule has 2 rings (SSSR count). The van der Waals surface area contributed by atoms with Gasteiger partial charge in [-0.05, 0) is 30.3 Å². The number of benzene rings is 2. The average Bonchev–Trinajstić information content (AvgIpc) is 2.46. The Morgan fingerprint density at radius 3 is 2.29 bits per heavy atom. The zero-order chi connectivity index (χ0) is 15.6. The van der Waals surface area contributed by atoms with Gasteiger partial charge in [0.2, 0.25) is 0 Å². The number of halogens is 2. The van der Waals surface area contributed by atoms with E-state index in [4.69, 9.17) is 22.3 Å². The Hall–Kier alpha value is -1.56. The number of hydrogen-bond donors (Lipinski definition) is 0. The minimum atomic E-state index is -4.01. The van der Waals surface area contributed by atoms with Crippen LogP contribution in [-0.2, 0) is 9.05 Å². The van der Waals surface area contributed by atoms with Crippen molar-refractivity contribution in [3.05, 3.63) is 59.1 Å². The molecule has 0 aliphatic rings. The molecule has 2 aromatic carbocycles. The minimum Gasteiger partial charge on any atom is -0.311 e. The highest BCUT2D eigenvalue weighted by Crippen LogP contribution is 2.26. The zero-order valence-electron chi connectivity index (χ0n) is 11.0. The van der Waals surface area contributed by atoms with Crippen LogP contribution in [0.15, 0.2) is 53.4 Å². The molecule has 0 heterocycles. The highest BCUT2D eigenvalue weighted by Gasteiger charge is 2.20. The molecule has 0 saturated heterocycles. The lowest BCUT2D eigenvalue weighted by molar-refractivity contribution is 0.0993. The summed E-state index contributed by atoms with van der Waals surface area (Å²) in [5.41, 5.74) is 0.873. The smallest absolute Gasteiger partial charge is 0.262 e. The number of nitrogens with zero attached hydrogens (tertiary/aromatic N) is 1. The summed E-state index contributed by atoms with van der Waals surface area (Å²) in [5.74, 6) is -0.362. The number of rotatable bonds is 3. The van der Waals surface area contributed by atoms with Crippen molar-refractivity contribution in [2.45, 2.75) is 4.90 Å². The predicted octanol–water partition coefficient (Wildman–Crippen LogP) is 3.54. The third-order valence-electron chi connectivity index (χ3n) is 2.89. The van der Waals surface area contributed by atoms with Gasteiger partial charge in [-0.2, -0.15) is 0 Å². The van der Waals surface area contributed by atoms with Crippen molar-refractivity contribution in [3.8, 4) is 0 Å². The van der Waals surface area contributed by atoms with E-state index < -0.39 is 9.05 Å². The molecule has 0 radical (unpaired) electrons. The molecule has 0 saturated carbocycles. The van der Waals surface area contributed by atoms with Crippen LogP contribution in [0.3, 0.4) is 0 Å². The maximum absolute atomic E-state index is 12.4. The van der Waals surface area contributed by atoms with Crippen LogP contribution in [0, 0.1) is 0 Å². The maximum atomic E-state index is 12.4. The number of carbonyl (C=O) groups is 1. The molecule has 0 atom stereocenters. The lowest BCUT2D eigenvalue weighted by atomic mass is 10.2. The summed E-state index contributed by atoms with van der Waals surface area (Å²) >= 11 is 5.79. The van der Waals surface area contributed by atoms with Gasteiger partial charge in [0.1, 0.15) is 4.90 Å². The van der Waals surface area contributed by atoms with Crippen molar-refractivity contribution in [1.82, 2.24) is 0 Å². The Balaban J connectivity index is 2.41. The first-order chi connectivity index (χ1) is 9.80. The Labute approximate surface area is 132 Å². The van der Waals surface area contributed by atoms with Crippen LogP contribution in [0.25, 0.3) is 0 Å². The molecule has 0 aliphatic heterocycles. The van der Waals surface area contributed by atoms with Crippen molar-refractivity contribution in [1.29, 1.82) is 0 Å². The van der Waals surface area contributed by atoms with Gasteiger partial charge in [-0.25, -0.2) is 8.42 Å². The normalized spacial score (nSPS) is 11.2. The third-order valence-corrected chi connectivity index (χ3v) is 4.69. The maximum Gasteiger partial charge on any atom is 0.262 e. The fraction of sp³-hybridized carbons (Fsp3) is 0.0714. The topological polar surface area (TPSA) is 54.5 Å². The molecule has 0 bridgehead atoms. The largest absolute Gasteiger partial charge is 0.311 e. The summed E-state index contributed by atoms with van der Waals surface area (Å²) in [4.78, 5) is 13.5. The van der Waals surface area contributed by atoms with Crippen LogP contribution >= 0.6 is 22.3 Å². The molecule has 2 aromatic rings. The first-order valence-electron chi connectivity index (χ1n) is 5.88. The third kappa shape index (κ3) is 3.56. The molecule has 0 aromatic heterocycles. The number of hydrogen-bond acceptors (Lipinski definition) is 3. The van der Waals surface area contributed by atoms with Crippen molar-refractivity contribution in [3.63, 3.8) is 0 Å². The van der Waals surface area contributed by atoms with Gasteiger partial charge in [-0.1, -0.05) is 29.8 Å². The van der Waals surface area contributed by atoms with Crippen LogP contribution in [-0.4, -0.2) is 21.4 Å². The molecule has 0 spiro atoms. The molecule has 0 unspecified atom stereocenters. The van der Waals surface area contributed by atoms with E-state index in [-0.39, 0.29) is 21.4 Å². The van der Waals surface area contributed by atoms with Crippen LogP contribution in [0.5, 0.6) is 0 Å². The summed E-state index contributed by atoms with van der Waals surface area (Å²) in [6, 6.07) is 12.9. The van der Waals surface area contributed by atoms with Gasteiger partial charge in [0, 0.05) is 29.0 Å². The molecule has 7 heteroatoms. The lowest BCUT2D eigenvalue weighted by Crippen LogP contribution is -2.26. The number of amides is 1. The molecule has 110 valence electrons. The van der Waals surface area contributed by atoms with E-state index in [0.717, 1.165) is 0 Å². The summed E-state index contributed by atoms with van der Waals surface area (Å²) in [5, 5.41) is -0.0242. The monoisotopic (exact) mass is 343 g/mol. The summed E-state index contributed by atoms with van der Waals surface area (Å²) in [6.45, 7) is 0. The number of para-hydroxylation sites is 1. The van der Waals surface area contributed by atoms with Crippen LogP contribution < -0.4 is 4.90 Å². The van der Waals surface area contributed by atoms with Crippen molar-refractivity contribution < 1.29 is 13.2 Å². The summed E-state index contributed by atoms with van der Waals surface area (Å²) < 4.78 is 22.8. The minimum absolute atomic E-state index is 0.0242. The van der Waals surface area contributed by atoms with Gasteiger partial charge in [0.15, 0.2) is 0 Å².